The average Bonchev–Trinajstić information content (AvgIpc) is 2.62. The predicted octanol–water partition coefficient (Wildman–Crippen LogP) is -0.396. The molecule has 110 valence electrons. The smallest absolute Gasteiger partial charge is 0.326 e. The molecule has 0 aromatic carbocycles. The van der Waals surface area contributed by atoms with Gasteiger partial charge in [0, 0.05) is 13.1 Å². The van der Waals surface area contributed by atoms with Crippen LogP contribution in [0.1, 0.15) is 12.8 Å². The zero-order valence-electron chi connectivity index (χ0n) is 11.4. The number of thioether (sulfide) groups is 1. The summed E-state index contributed by atoms with van der Waals surface area (Å²) < 4.78 is 0. The highest BCUT2D eigenvalue weighted by Crippen LogP contribution is 2.01. The minimum absolute atomic E-state index is 0.199. The highest BCUT2D eigenvalue weighted by molar-refractivity contribution is 7.98. The molecule has 0 saturated carbocycles. The summed E-state index contributed by atoms with van der Waals surface area (Å²) in [5.41, 5.74) is 0. The normalized spacial score (nSPS) is 18.6. The molecule has 0 radical (unpaired) electrons. The first-order chi connectivity index (χ1) is 9.13. The number of hydrogen-bond donors (Lipinski definition) is 3. The molecule has 1 aliphatic rings. The van der Waals surface area contributed by atoms with Crippen molar-refractivity contribution in [2.24, 2.45) is 0 Å². The van der Waals surface area contributed by atoms with Gasteiger partial charge in [0.25, 0.3) is 0 Å². The first kappa shape index (κ1) is 16.3. The van der Waals surface area contributed by atoms with Crippen LogP contribution in [0.15, 0.2) is 0 Å². The second kappa shape index (κ2) is 9.17. The summed E-state index contributed by atoms with van der Waals surface area (Å²) in [6, 6.07) is -0.773. The fraction of sp³-hybridized carbons (Fsp3) is 0.833. The van der Waals surface area contributed by atoms with Crippen LogP contribution in [0.5, 0.6) is 0 Å². The molecule has 1 amide bonds. The Morgan fingerprint density at radius 3 is 2.89 bits per heavy atom. The van der Waals surface area contributed by atoms with Crippen molar-refractivity contribution in [2.75, 3.05) is 44.7 Å². The maximum absolute atomic E-state index is 11.9. The maximum Gasteiger partial charge on any atom is 0.326 e. The molecule has 7 heteroatoms. The van der Waals surface area contributed by atoms with Gasteiger partial charge in [-0.15, -0.1) is 0 Å². The number of amides is 1. The summed E-state index contributed by atoms with van der Waals surface area (Å²) in [4.78, 5) is 25.0. The van der Waals surface area contributed by atoms with Gasteiger partial charge >= 0.3 is 5.97 Å². The second-order valence-corrected chi connectivity index (χ2v) is 5.61. The third kappa shape index (κ3) is 6.79. The van der Waals surface area contributed by atoms with E-state index in [1.165, 1.54) is 0 Å². The minimum atomic E-state index is -0.958. The molecule has 3 N–H and O–H groups in total. The van der Waals surface area contributed by atoms with E-state index in [1.807, 2.05) is 6.26 Å². The molecular weight excluding hydrogens is 266 g/mol. The number of nitrogens with zero attached hydrogens (tertiary/aromatic N) is 1. The molecule has 0 bridgehead atoms. The van der Waals surface area contributed by atoms with Crippen LogP contribution in [0.3, 0.4) is 0 Å². The number of hydrogen-bond acceptors (Lipinski definition) is 5. The minimum Gasteiger partial charge on any atom is -0.480 e. The molecule has 0 aromatic rings. The zero-order valence-corrected chi connectivity index (χ0v) is 12.2. The summed E-state index contributed by atoms with van der Waals surface area (Å²) in [7, 11) is 0. The topological polar surface area (TPSA) is 81.7 Å². The third-order valence-electron chi connectivity index (χ3n) is 3.04. The van der Waals surface area contributed by atoms with E-state index in [-0.39, 0.29) is 12.5 Å². The fourth-order valence-corrected chi connectivity index (χ4v) is 2.47. The van der Waals surface area contributed by atoms with Gasteiger partial charge in [-0.1, -0.05) is 0 Å². The van der Waals surface area contributed by atoms with Gasteiger partial charge in [0.2, 0.25) is 5.91 Å². The van der Waals surface area contributed by atoms with Gasteiger partial charge < -0.3 is 15.7 Å². The number of carbonyl (C=O) groups excluding carboxylic acids is 1. The Hall–Kier alpha value is -0.790. The Kier molecular flexibility index (Phi) is 7.85. The van der Waals surface area contributed by atoms with E-state index < -0.39 is 12.0 Å². The van der Waals surface area contributed by atoms with Crippen LogP contribution >= 0.6 is 11.8 Å². The Balaban J connectivity index is 2.36. The molecule has 0 aliphatic carbocycles. The van der Waals surface area contributed by atoms with Crippen LogP contribution in [0.4, 0.5) is 0 Å². The Morgan fingerprint density at radius 1 is 1.42 bits per heavy atom. The fourth-order valence-electron chi connectivity index (χ4n) is 2.00. The van der Waals surface area contributed by atoms with Gasteiger partial charge in [-0.3, -0.25) is 9.69 Å². The molecule has 1 atom stereocenters. The van der Waals surface area contributed by atoms with Gasteiger partial charge in [-0.05, 0) is 37.9 Å². The highest BCUT2D eigenvalue weighted by atomic mass is 32.2. The monoisotopic (exact) mass is 289 g/mol. The van der Waals surface area contributed by atoms with Crippen molar-refractivity contribution in [3.05, 3.63) is 0 Å². The maximum atomic E-state index is 11.9. The summed E-state index contributed by atoms with van der Waals surface area (Å²) in [6.45, 7) is 3.84. The lowest BCUT2D eigenvalue weighted by atomic mass is 10.2. The molecule has 0 spiro atoms. The molecule has 0 aromatic heterocycles. The lowest BCUT2D eigenvalue weighted by molar-refractivity contribution is -0.142. The largest absolute Gasteiger partial charge is 0.480 e. The quantitative estimate of drug-likeness (QED) is 0.592. The standard InChI is InChI=1S/C12H23N3O3S/c1-19-8-3-10(12(17)18)14-11(16)9-15-6-2-4-13-5-7-15/h10,13H,2-9H2,1H3,(H,14,16)(H,17,18)/t10-/m0/s1. The number of nitrogens with one attached hydrogen (secondary N) is 2. The van der Waals surface area contributed by atoms with Crippen molar-refractivity contribution in [3.8, 4) is 0 Å². The Labute approximate surface area is 118 Å². The van der Waals surface area contributed by atoms with E-state index in [0.29, 0.717) is 6.42 Å². The summed E-state index contributed by atoms with van der Waals surface area (Å²) >= 11 is 1.58. The van der Waals surface area contributed by atoms with Crippen molar-refractivity contribution in [2.45, 2.75) is 18.9 Å². The summed E-state index contributed by atoms with van der Waals surface area (Å²) in [5, 5.41) is 14.9. The van der Waals surface area contributed by atoms with Crippen LogP contribution in [-0.4, -0.2) is 72.7 Å². The second-order valence-electron chi connectivity index (χ2n) is 4.62. The van der Waals surface area contributed by atoms with E-state index in [4.69, 9.17) is 5.11 Å². The number of rotatable bonds is 7. The first-order valence-electron chi connectivity index (χ1n) is 6.57. The lowest BCUT2D eigenvalue weighted by Gasteiger charge is -2.20. The van der Waals surface area contributed by atoms with E-state index >= 15 is 0 Å². The van der Waals surface area contributed by atoms with Gasteiger partial charge in [0.05, 0.1) is 6.54 Å². The van der Waals surface area contributed by atoms with Crippen molar-refractivity contribution < 1.29 is 14.7 Å². The molecular formula is C12H23N3O3S. The van der Waals surface area contributed by atoms with E-state index in [0.717, 1.165) is 38.4 Å². The molecule has 19 heavy (non-hydrogen) atoms. The first-order valence-corrected chi connectivity index (χ1v) is 7.97. The SMILES string of the molecule is CSCC[C@H](NC(=O)CN1CCCNCC1)C(=O)O. The molecule has 0 unspecified atom stereocenters. The van der Waals surface area contributed by atoms with Crippen molar-refractivity contribution >= 4 is 23.6 Å². The molecule has 1 fully saturated rings. The van der Waals surface area contributed by atoms with Crippen LogP contribution in [0, 0.1) is 0 Å². The van der Waals surface area contributed by atoms with Crippen molar-refractivity contribution in [1.82, 2.24) is 15.5 Å². The van der Waals surface area contributed by atoms with Crippen LogP contribution in [-0.2, 0) is 9.59 Å². The Bertz CT molecular complexity index is 294. The summed E-state index contributed by atoms with van der Waals surface area (Å²) in [6.07, 6.45) is 3.40. The molecule has 6 nitrogen and oxygen atoms in total. The van der Waals surface area contributed by atoms with E-state index in [9.17, 15) is 9.59 Å². The molecule has 1 rings (SSSR count). The zero-order chi connectivity index (χ0) is 14.1. The van der Waals surface area contributed by atoms with Crippen molar-refractivity contribution in [1.29, 1.82) is 0 Å². The van der Waals surface area contributed by atoms with Crippen LogP contribution < -0.4 is 10.6 Å². The van der Waals surface area contributed by atoms with Gasteiger partial charge in [0.15, 0.2) is 0 Å². The number of aliphatic carboxylic acids is 1. The number of carboxylic acids is 1. The van der Waals surface area contributed by atoms with Gasteiger partial charge in [-0.2, -0.15) is 11.8 Å². The van der Waals surface area contributed by atoms with Gasteiger partial charge in [-0.25, -0.2) is 4.79 Å². The predicted molar refractivity (Wildman–Crippen MR) is 76.5 cm³/mol. The average molecular weight is 289 g/mol. The highest BCUT2D eigenvalue weighted by Gasteiger charge is 2.20. The number of carbonyl (C=O) groups is 2. The van der Waals surface area contributed by atoms with Gasteiger partial charge in [0.1, 0.15) is 6.04 Å². The summed E-state index contributed by atoms with van der Waals surface area (Å²) in [5.74, 6) is -0.430. The molecule has 1 heterocycles. The van der Waals surface area contributed by atoms with Crippen molar-refractivity contribution in [3.63, 3.8) is 0 Å². The Morgan fingerprint density at radius 2 is 2.21 bits per heavy atom. The van der Waals surface area contributed by atoms with Crippen LogP contribution in [0.2, 0.25) is 0 Å². The number of carboxylic acid groups (broad SMARTS) is 1. The van der Waals surface area contributed by atoms with Crippen LogP contribution in [0.25, 0.3) is 0 Å². The lowest BCUT2D eigenvalue weighted by Crippen LogP contribution is -2.46. The molecule has 1 aliphatic heterocycles. The molecule has 1 saturated heterocycles. The van der Waals surface area contributed by atoms with E-state index in [2.05, 4.69) is 15.5 Å². The third-order valence-corrected chi connectivity index (χ3v) is 3.69. The van der Waals surface area contributed by atoms with E-state index in [1.54, 1.807) is 11.8 Å².